The molecular weight excluding hydrogens is 220 g/mol. The Balaban J connectivity index is 2.55. The third kappa shape index (κ3) is 1.75. The van der Waals surface area contributed by atoms with Crippen molar-refractivity contribution in [1.29, 1.82) is 0 Å². The first-order chi connectivity index (χ1) is 8.04. The summed E-state index contributed by atoms with van der Waals surface area (Å²) < 4.78 is 3.24. The maximum atomic E-state index is 11.0. The first-order valence-electron chi connectivity index (χ1n) is 5.22. The van der Waals surface area contributed by atoms with Gasteiger partial charge in [-0.05, 0) is 13.8 Å². The fourth-order valence-corrected chi connectivity index (χ4v) is 1.61. The zero-order valence-corrected chi connectivity index (χ0v) is 9.71. The van der Waals surface area contributed by atoms with Crippen molar-refractivity contribution in [2.24, 2.45) is 5.73 Å². The van der Waals surface area contributed by atoms with Crippen LogP contribution in [0.5, 0.6) is 0 Å². The molecule has 0 unspecified atom stereocenters. The molecule has 7 heteroatoms. The number of aryl methyl sites for hydroxylation is 2. The van der Waals surface area contributed by atoms with Crippen LogP contribution in [0.25, 0.3) is 5.82 Å². The zero-order valence-electron chi connectivity index (χ0n) is 9.71. The first kappa shape index (κ1) is 11.2. The van der Waals surface area contributed by atoms with Crippen molar-refractivity contribution < 1.29 is 4.79 Å². The van der Waals surface area contributed by atoms with E-state index in [1.54, 1.807) is 10.9 Å². The van der Waals surface area contributed by atoms with Crippen LogP contribution in [-0.2, 0) is 6.54 Å². The van der Waals surface area contributed by atoms with Gasteiger partial charge in [-0.3, -0.25) is 4.79 Å². The highest BCUT2D eigenvalue weighted by Gasteiger charge is 2.15. The molecule has 0 aromatic carbocycles. The Labute approximate surface area is 98.0 Å². The molecule has 0 saturated heterocycles. The van der Waals surface area contributed by atoms with Gasteiger partial charge in [-0.2, -0.15) is 10.2 Å². The standard InChI is InChI=1S/C10H14N6O/c1-3-15-10(8(11)6(2)14-15)16-5-7(4-13-16)9(12)17/h4-5H,3,11H2,1-2H3,(H2,12,17). The van der Waals surface area contributed by atoms with Gasteiger partial charge in [-0.25, -0.2) is 9.36 Å². The van der Waals surface area contributed by atoms with Crippen LogP contribution in [0.1, 0.15) is 23.0 Å². The van der Waals surface area contributed by atoms with Crippen LogP contribution < -0.4 is 11.5 Å². The molecule has 2 aromatic heterocycles. The van der Waals surface area contributed by atoms with E-state index in [0.717, 1.165) is 5.69 Å². The maximum absolute atomic E-state index is 11.0. The summed E-state index contributed by atoms with van der Waals surface area (Å²) in [4.78, 5) is 11.0. The highest BCUT2D eigenvalue weighted by molar-refractivity contribution is 5.92. The number of rotatable bonds is 3. The molecule has 0 aliphatic carbocycles. The second-order valence-electron chi connectivity index (χ2n) is 3.68. The molecule has 17 heavy (non-hydrogen) atoms. The van der Waals surface area contributed by atoms with Crippen LogP contribution in [0.4, 0.5) is 5.69 Å². The van der Waals surface area contributed by atoms with Crippen molar-refractivity contribution in [1.82, 2.24) is 19.6 Å². The lowest BCUT2D eigenvalue weighted by molar-refractivity contribution is 0.100. The molecule has 4 N–H and O–H groups in total. The van der Waals surface area contributed by atoms with E-state index in [1.807, 2.05) is 13.8 Å². The van der Waals surface area contributed by atoms with Crippen molar-refractivity contribution >= 4 is 11.6 Å². The third-order valence-corrected chi connectivity index (χ3v) is 2.53. The molecule has 0 aliphatic heterocycles. The van der Waals surface area contributed by atoms with Crippen molar-refractivity contribution in [3.8, 4) is 5.82 Å². The van der Waals surface area contributed by atoms with Crippen molar-refractivity contribution in [2.45, 2.75) is 20.4 Å². The van der Waals surface area contributed by atoms with E-state index < -0.39 is 5.91 Å². The number of nitrogens with two attached hydrogens (primary N) is 2. The number of carbonyl (C=O) groups excluding carboxylic acids is 1. The van der Waals surface area contributed by atoms with Gasteiger partial charge in [-0.1, -0.05) is 0 Å². The number of nitrogens with zero attached hydrogens (tertiary/aromatic N) is 4. The van der Waals surface area contributed by atoms with Gasteiger partial charge < -0.3 is 11.5 Å². The molecule has 0 aliphatic rings. The van der Waals surface area contributed by atoms with Crippen molar-refractivity contribution in [3.05, 3.63) is 23.7 Å². The molecule has 90 valence electrons. The minimum atomic E-state index is -0.519. The molecule has 0 radical (unpaired) electrons. The molecular formula is C10H14N6O. The third-order valence-electron chi connectivity index (χ3n) is 2.53. The quantitative estimate of drug-likeness (QED) is 0.784. The van der Waals surface area contributed by atoms with E-state index in [9.17, 15) is 4.79 Å². The van der Waals surface area contributed by atoms with E-state index in [0.29, 0.717) is 23.6 Å². The lowest BCUT2D eigenvalue weighted by atomic mass is 10.3. The number of amides is 1. The molecule has 7 nitrogen and oxygen atoms in total. The summed E-state index contributed by atoms with van der Waals surface area (Å²) in [6.45, 7) is 4.44. The Bertz CT molecular complexity index is 567. The molecule has 0 atom stereocenters. The van der Waals surface area contributed by atoms with Crippen molar-refractivity contribution in [2.75, 3.05) is 5.73 Å². The Morgan fingerprint density at radius 2 is 2.24 bits per heavy atom. The summed E-state index contributed by atoms with van der Waals surface area (Å²) in [6.07, 6.45) is 2.95. The minimum absolute atomic E-state index is 0.339. The fraction of sp³-hybridized carbons (Fsp3) is 0.300. The number of hydrogen-bond donors (Lipinski definition) is 2. The molecule has 2 aromatic rings. The first-order valence-corrected chi connectivity index (χ1v) is 5.22. The number of nitrogen functional groups attached to an aromatic ring is 1. The lowest BCUT2D eigenvalue weighted by Crippen LogP contribution is -2.10. The Morgan fingerprint density at radius 3 is 2.76 bits per heavy atom. The molecule has 2 rings (SSSR count). The number of primary amides is 1. The highest BCUT2D eigenvalue weighted by atomic mass is 16.1. The zero-order chi connectivity index (χ0) is 12.6. The van der Waals surface area contributed by atoms with Crippen LogP contribution in [-0.4, -0.2) is 25.5 Å². The molecule has 2 heterocycles. The Hall–Kier alpha value is -2.31. The predicted octanol–water partition coefficient (Wildman–Crippen LogP) is 0.0782. The summed E-state index contributed by atoms with van der Waals surface area (Å²) in [5, 5.41) is 8.34. The summed E-state index contributed by atoms with van der Waals surface area (Å²) in [6, 6.07) is 0. The summed E-state index contributed by atoms with van der Waals surface area (Å²) >= 11 is 0. The second kappa shape index (κ2) is 3.93. The normalized spacial score (nSPS) is 10.7. The average Bonchev–Trinajstić information content (AvgIpc) is 2.85. The molecule has 0 saturated carbocycles. The monoisotopic (exact) mass is 234 g/mol. The number of hydrogen-bond acceptors (Lipinski definition) is 4. The Kier molecular flexibility index (Phi) is 2.58. The molecule has 1 amide bonds. The van der Waals surface area contributed by atoms with E-state index in [4.69, 9.17) is 11.5 Å². The van der Waals surface area contributed by atoms with Gasteiger partial charge in [0.05, 0.1) is 23.1 Å². The van der Waals surface area contributed by atoms with Crippen LogP contribution in [0.15, 0.2) is 12.4 Å². The van der Waals surface area contributed by atoms with E-state index in [-0.39, 0.29) is 0 Å². The van der Waals surface area contributed by atoms with Gasteiger partial charge in [0.25, 0.3) is 5.91 Å². The SMILES string of the molecule is CCn1nc(C)c(N)c1-n1cc(C(N)=O)cn1. The van der Waals surface area contributed by atoms with E-state index >= 15 is 0 Å². The largest absolute Gasteiger partial charge is 0.394 e. The van der Waals surface area contributed by atoms with Crippen molar-refractivity contribution in [3.63, 3.8) is 0 Å². The minimum Gasteiger partial charge on any atom is -0.394 e. The molecule has 0 spiro atoms. The average molecular weight is 234 g/mol. The highest BCUT2D eigenvalue weighted by Crippen LogP contribution is 2.20. The summed E-state index contributed by atoms with van der Waals surface area (Å²) in [5.74, 6) is 0.131. The van der Waals surface area contributed by atoms with Crippen LogP contribution in [0.2, 0.25) is 0 Å². The predicted molar refractivity (Wildman–Crippen MR) is 62.7 cm³/mol. The molecule has 0 fully saturated rings. The Morgan fingerprint density at radius 1 is 1.53 bits per heavy atom. The van der Waals surface area contributed by atoms with Gasteiger partial charge in [0.1, 0.15) is 0 Å². The van der Waals surface area contributed by atoms with Crippen LogP contribution in [0, 0.1) is 6.92 Å². The van der Waals surface area contributed by atoms with E-state index in [1.165, 1.54) is 10.9 Å². The lowest BCUT2D eigenvalue weighted by Gasteiger charge is -2.04. The second-order valence-corrected chi connectivity index (χ2v) is 3.68. The van der Waals surface area contributed by atoms with Crippen LogP contribution >= 0.6 is 0 Å². The van der Waals surface area contributed by atoms with Gasteiger partial charge in [0, 0.05) is 12.7 Å². The van der Waals surface area contributed by atoms with E-state index in [2.05, 4.69) is 10.2 Å². The smallest absolute Gasteiger partial charge is 0.251 e. The number of anilines is 1. The summed E-state index contributed by atoms with van der Waals surface area (Å²) in [5.41, 5.74) is 12.7. The number of aromatic nitrogens is 4. The number of carbonyl (C=O) groups is 1. The summed E-state index contributed by atoms with van der Waals surface area (Å²) in [7, 11) is 0. The van der Waals surface area contributed by atoms with Gasteiger partial charge in [0.2, 0.25) is 0 Å². The van der Waals surface area contributed by atoms with Gasteiger partial charge in [0.15, 0.2) is 5.82 Å². The van der Waals surface area contributed by atoms with Crippen LogP contribution in [0.3, 0.4) is 0 Å². The fourth-order valence-electron chi connectivity index (χ4n) is 1.61. The maximum Gasteiger partial charge on any atom is 0.251 e. The molecule has 0 bridgehead atoms. The van der Waals surface area contributed by atoms with Gasteiger partial charge >= 0.3 is 0 Å². The van der Waals surface area contributed by atoms with Gasteiger partial charge in [-0.15, -0.1) is 0 Å². The topological polar surface area (TPSA) is 105 Å².